The largest absolute Gasteiger partial charge is 0.439 e. The molecular weight excluding hydrogens is 458 g/mol. The van der Waals surface area contributed by atoms with E-state index in [-0.39, 0.29) is 0 Å². The standard InChI is InChI=1S/C31H35N5O/c1-23-10-16-27(17-11-23)37-30-28-22-36(21-25-12-14-26(15-13-25)34(2)3)19-18-29(28)32-31(33-30)35(4)20-24-8-6-5-7-9-24/h5-17H,18-22H2,1-4H3. The highest BCUT2D eigenvalue weighted by Gasteiger charge is 2.25. The summed E-state index contributed by atoms with van der Waals surface area (Å²) in [6, 6.07) is 27.3. The molecule has 0 fully saturated rings. The van der Waals surface area contributed by atoms with E-state index in [9.17, 15) is 0 Å². The van der Waals surface area contributed by atoms with Crippen LogP contribution in [-0.2, 0) is 26.1 Å². The monoisotopic (exact) mass is 493 g/mol. The molecule has 0 amide bonds. The van der Waals surface area contributed by atoms with Crippen LogP contribution in [0.15, 0.2) is 78.9 Å². The predicted molar refractivity (Wildman–Crippen MR) is 150 cm³/mol. The maximum Gasteiger partial charge on any atom is 0.228 e. The average molecular weight is 494 g/mol. The van der Waals surface area contributed by atoms with Gasteiger partial charge in [-0.15, -0.1) is 0 Å². The van der Waals surface area contributed by atoms with Crippen molar-refractivity contribution in [2.45, 2.75) is 33.0 Å². The molecule has 0 bridgehead atoms. The molecule has 2 heterocycles. The van der Waals surface area contributed by atoms with Gasteiger partial charge in [-0.2, -0.15) is 4.98 Å². The summed E-state index contributed by atoms with van der Waals surface area (Å²) in [6.45, 7) is 5.40. The van der Waals surface area contributed by atoms with E-state index in [1.165, 1.54) is 22.4 Å². The maximum atomic E-state index is 6.40. The van der Waals surface area contributed by atoms with Crippen LogP contribution in [-0.4, -0.2) is 42.6 Å². The molecule has 1 aliphatic heterocycles. The van der Waals surface area contributed by atoms with E-state index >= 15 is 0 Å². The Kier molecular flexibility index (Phi) is 7.37. The molecule has 0 N–H and O–H groups in total. The molecule has 0 spiro atoms. The topological polar surface area (TPSA) is 44.7 Å². The first-order chi connectivity index (χ1) is 17.9. The third kappa shape index (κ3) is 6.09. The highest BCUT2D eigenvalue weighted by Crippen LogP contribution is 2.32. The molecule has 5 rings (SSSR count). The molecule has 0 aliphatic carbocycles. The Morgan fingerprint density at radius 3 is 2.27 bits per heavy atom. The lowest BCUT2D eigenvalue weighted by molar-refractivity contribution is 0.238. The number of nitrogens with zero attached hydrogens (tertiary/aromatic N) is 5. The van der Waals surface area contributed by atoms with Crippen molar-refractivity contribution in [3.8, 4) is 11.6 Å². The minimum atomic E-state index is 0.649. The highest BCUT2D eigenvalue weighted by molar-refractivity contribution is 5.46. The van der Waals surface area contributed by atoms with Crippen molar-refractivity contribution < 1.29 is 4.74 Å². The first-order valence-corrected chi connectivity index (χ1v) is 12.8. The summed E-state index contributed by atoms with van der Waals surface area (Å²) in [4.78, 5) is 16.6. The van der Waals surface area contributed by atoms with Gasteiger partial charge in [-0.05, 0) is 42.3 Å². The van der Waals surface area contributed by atoms with Crippen molar-refractivity contribution in [1.82, 2.24) is 14.9 Å². The third-order valence-electron chi connectivity index (χ3n) is 6.79. The molecule has 0 unspecified atom stereocenters. The van der Waals surface area contributed by atoms with E-state index in [0.29, 0.717) is 11.8 Å². The predicted octanol–water partition coefficient (Wildman–Crippen LogP) is 5.84. The van der Waals surface area contributed by atoms with Crippen LogP contribution in [0.25, 0.3) is 0 Å². The fourth-order valence-electron chi connectivity index (χ4n) is 4.62. The molecule has 1 aliphatic rings. The summed E-state index contributed by atoms with van der Waals surface area (Å²) in [5.41, 5.74) is 7.09. The highest BCUT2D eigenvalue weighted by atomic mass is 16.5. The van der Waals surface area contributed by atoms with Crippen molar-refractivity contribution in [1.29, 1.82) is 0 Å². The van der Waals surface area contributed by atoms with Crippen LogP contribution in [0.3, 0.4) is 0 Å². The number of benzene rings is 3. The number of hydrogen-bond donors (Lipinski definition) is 0. The van der Waals surface area contributed by atoms with Crippen molar-refractivity contribution in [2.75, 3.05) is 37.5 Å². The minimum Gasteiger partial charge on any atom is -0.439 e. The zero-order valence-electron chi connectivity index (χ0n) is 22.2. The van der Waals surface area contributed by atoms with E-state index < -0.39 is 0 Å². The third-order valence-corrected chi connectivity index (χ3v) is 6.79. The number of anilines is 2. The van der Waals surface area contributed by atoms with Crippen molar-refractivity contribution >= 4 is 11.6 Å². The van der Waals surface area contributed by atoms with E-state index in [4.69, 9.17) is 14.7 Å². The Morgan fingerprint density at radius 2 is 1.57 bits per heavy atom. The van der Waals surface area contributed by atoms with Gasteiger partial charge < -0.3 is 14.5 Å². The van der Waals surface area contributed by atoms with Gasteiger partial charge in [-0.1, -0.05) is 60.2 Å². The Hall–Kier alpha value is -3.90. The van der Waals surface area contributed by atoms with Crippen LogP contribution >= 0.6 is 0 Å². The van der Waals surface area contributed by atoms with Gasteiger partial charge in [-0.25, -0.2) is 4.98 Å². The second kappa shape index (κ2) is 11.0. The first kappa shape index (κ1) is 24.8. The van der Waals surface area contributed by atoms with E-state index in [1.54, 1.807) is 0 Å². The molecule has 0 saturated heterocycles. The fourth-order valence-corrected chi connectivity index (χ4v) is 4.62. The van der Waals surface area contributed by atoms with Crippen molar-refractivity contribution in [2.24, 2.45) is 0 Å². The molecule has 6 heteroatoms. The summed E-state index contributed by atoms with van der Waals surface area (Å²) in [5, 5.41) is 0. The van der Waals surface area contributed by atoms with Gasteiger partial charge in [0.05, 0.1) is 11.3 Å². The Bertz CT molecular complexity index is 1320. The number of aryl methyl sites for hydroxylation is 1. The Balaban J connectivity index is 1.41. The van der Waals surface area contributed by atoms with Crippen LogP contribution in [0.5, 0.6) is 11.6 Å². The molecule has 0 atom stereocenters. The molecule has 0 radical (unpaired) electrons. The van der Waals surface area contributed by atoms with Gasteiger partial charge >= 0.3 is 0 Å². The van der Waals surface area contributed by atoms with Gasteiger partial charge in [0.25, 0.3) is 0 Å². The summed E-state index contributed by atoms with van der Waals surface area (Å²) in [5.74, 6) is 2.13. The molecular formula is C31H35N5O. The molecule has 0 saturated carbocycles. The number of fused-ring (bicyclic) bond motifs is 1. The summed E-state index contributed by atoms with van der Waals surface area (Å²) in [6.07, 6.45) is 0.865. The Labute approximate surface area is 220 Å². The smallest absolute Gasteiger partial charge is 0.228 e. The van der Waals surface area contributed by atoms with E-state index in [2.05, 4.69) is 96.4 Å². The lowest BCUT2D eigenvalue weighted by Crippen LogP contribution is -2.32. The molecule has 4 aromatic rings. The van der Waals surface area contributed by atoms with Gasteiger partial charge in [0.2, 0.25) is 11.8 Å². The fraction of sp³-hybridized carbons (Fsp3) is 0.290. The average Bonchev–Trinajstić information content (AvgIpc) is 2.91. The maximum absolute atomic E-state index is 6.40. The summed E-state index contributed by atoms with van der Waals surface area (Å²) in [7, 11) is 6.17. The lowest BCUT2D eigenvalue weighted by Gasteiger charge is -2.30. The zero-order valence-corrected chi connectivity index (χ0v) is 22.2. The normalized spacial score (nSPS) is 13.2. The van der Waals surface area contributed by atoms with Crippen molar-refractivity contribution in [3.05, 3.63) is 107 Å². The van der Waals surface area contributed by atoms with Gasteiger partial charge in [0.1, 0.15) is 5.75 Å². The number of aromatic nitrogens is 2. The van der Waals surface area contributed by atoms with E-state index in [1.807, 2.05) is 25.2 Å². The second-order valence-electron chi connectivity index (χ2n) is 10.0. The molecule has 6 nitrogen and oxygen atoms in total. The molecule has 1 aromatic heterocycles. The SMILES string of the molecule is Cc1ccc(Oc2nc(N(C)Cc3ccccc3)nc3c2CN(Cc2ccc(N(C)C)cc2)CC3)cc1. The zero-order chi connectivity index (χ0) is 25.8. The number of rotatable bonds is 8. The van der Waals surface area contributed by atoms with Gasteiger partial charge in [0.15, 0.2) is 0 Å². The second-order valence-corrected chi connectivity index (χ2v) is 10.0. The molecule has 3 aromatic carbocycles. The van der Waals surface area contributed by atoms with Crippen LogP contribution in [0.4, 0.5) is 11.6 Å². The summed E-state index contributed by atoms with van der Waals surface area (Å²) < 4.78 is 6.40. The first-order valence-electron chi connectivity index (χ1n) is 12.8. The number of hydrogen-bond acceptors (Lipinski definition) is 6. The van der Waals surface area contributed by atoms with Crippen LogP contribution < -0.4 is 14.5 Å². The summed E-state index contributed by atoms with van der Waals surface area (Å²) >= 11 is 0. The molecule has 190 valence electrons. The van der Waals surface area contributed by atoms with Crippen LogP contribution in [0, 0.1) is 6.92 Å². The van der Waals surface area contributed by atoms with E-state index in [0.717, 1.165) is 49.6 Å². The van der Waals surface area contributed by atoms with Gasteiger partial charge in [-0.3, -0.25) is 4.90 Å². The van der Waals surface area contributed by atoms with Crippen LogP contribution in [0.1, 0.15) is 27.9 Å². The minimum absolute atomic E-state index is 0.649. The molecule has 37 heavy (non-hydrogen) atoms. The van der Waals surface area contributed by atoms with Gasteiger partial charge in [0, 0.05) is 59.4 Å². The quantitative estimate of drug-likeness (QED) is 0.307. The van der Waals surface area contributed by atoms with Crippen LogP contribution in [0.2, 0.25) is 0 Å². The number of ether oxygens (including phenoxy) is 1. The lowest BCUT2D eigenvalue weighted by atomic mass is 10.1. The Morgan fingerprint density at radius 1 is 0.838 bits per heavy atom. The van der Waals surface area contributed by atoms with Crippen molar-refractivity contribution in [3.63, 3.8) is 0 Å².